The Morgan fingerprint density at radius 2 is 2.00 bits per heavy atom. The molecule has 6 heteroatoms. The smallest absolute Gasteiger partial charge is 0.328 e. The minimum Gasteiger partial charge on any atom is -0.478 e. The number of morpholine rings is 1. The van der Waals surface area contributed by atoms with Crippen LogP contribution in [0.15, 0.2) is 24.5 Å². The van der Waals surface area contributed by atoms with Crippen LogP contribution in [0.2, 0.25) is 0 Å². The summed E-state index contributed by atoms with van der Waals surface area (Å²) >= 11 is 0. The maximum atomic E-state index is 12.5. The molecule has 21 heavy (non-hydrogen) atoms. The lowest BCUT2D eigenvalue weighted by atomic mass is 10.1. The molecule has 1 aromatic rings. The Labute approximate surface area is 122 Å². The molecule has 2 aliphatic rings. The van der Waals surface area contributed by atoms with Gasteiger partial charge in [-0.25, -0.2) is 4.79 Å². The molecule has 2 unspecified atom stereocenters. The highest BCUT2D eigenvalue weighted by atomic mass is 16.5. The number of fused-ring (bicyclic) bond motifs is 2. The van der Waals surface area contributed by atoms with E-state index in [-0.39, 0.29) is 18.1 Å². The summed E-state index contributed by atoms with van der Waals surface area (Å²) in [5, 5.41) is 8.63. The summed E-state index contributed by atoms with van der Waals surface area (Å²) in [6, 6.07) is 1.66. The van der Waals surface area contributed by atoms with Gasteiger partial charge >= 0.3 is 5.97 Å². The number of carbonyl (C=O) groups is 2. The van der Waals surface area contributed by atoms with Crippen molar-refractivity contribution in [2.24, 2.45) is 0 Å². The number of hydrogen-bond acceptors (Lipinski definition) is 4. The Morgan fingerprint density at radius 3 is 2.67 bits per heavy atom. The summed E-state index contributed by atoms with van der Waals surface area (Å²) in [5.74, 6) is -1.11. The summed E-state index contributed by atoms with van der Waals surface area (Å²) in [5.41, 5.74) is 1.07. The van der Waals surface area contributed by atoms with Crippen molar-refractivity contribution in [3.63, 3.8) is 0 Å². The predicted octanol–water partition coefficient (Wildman–Crippen LogP) is 1.18. The first-order valence-corrected chi connectivity index (χ1v) is 6.92. The van der Waals surface area contributed by atoms with Crippen LogP contribution in [0.5, 0.6) is 0 Å². The van der Waals surface area contributed by atoms with Gasteiger partial charge in [-0.1, -0.05) is 0 Å². The molecule has 2 bridgehead atoms. The first-order valence-electron chi connectivity index (χ1n) is 6.92. The third-order valence-electron chi connectivity index (χ3n) is 3.76. The second-order valence-electron chi connectivity index (χ2n) is 5.35. The van der Waals surface area contributed by atoms with E-state index in [0.29, 0.717) is 24.2 Å². The van der Waals surface area contributed by atoms with Crippen molar-refractivity contribution in [2.45, 2.75) is 25.0 Å². The lowest BCUT2D eigenvalue weighted by Gasteiger charge is -2.32. The molecule has 2 saturated heterocycles. The van der Waals surface area contributed by atoms with Gasteiger partial charge in [0.1, 0.15) is 0 Å². The van der Waals surface area contributed by atoms with E-state index in [1.165, 1.54) is 18.5 Å². The fraction of sp³-hybridized carbons (Fsp3) is 0.400. The number of carbonyl (C=O) groups excluding carboxylic acids is 1. The molecule has 0 aromatic carbocycles. The number of rotatable bonds is 3. The van der Waals surface area contributed by atoms with E-state index in [1.54, 1.807) is 11.0 Å². The van der Waals surface area contributed by atoms with Gasteiger partial charge in [-0.15, -0.1) is 0 Å². The van der Waals surface area contributed by atoms with E-state index in [9.17, 15) is 9.59 Å². The molecule has 6 nitrogen and oxygen atoms in total. The van der Waals surface area contributed by atoms with E-state index in [1.807, 2.05) is 0 Å². The number of amides is 1. The van der Waals surface area contributed by atoms with Crippen molar-refractivity contribution in [1.29, 1.82) is 0 Å². The molecule has 1 amide bonds. The van der Waals surface area contributed by atoms with Crippen LogP contribution < -0.4 is 0 Å². The summed E-state index contributed by atoms with van der Waals surface area (Å²) in [6.45, 7) is 1.23. The monoisotopic (exact) mass is 288 g/mol. The highest BCUT2D eigenvalue weighted by Crippen LogP contribution is 2.27. The second kappa shape index (κ2) is 5.65. The third-order valence-corrected chi connectivity index (χ3v) is 3.76. The van der Waals surface area contributed by atoms with Crippen LogP contribution in [0.25, 0.3) is 6.08 Å². The average Bonchev–Trinajstić information content (AvgIpc) is 2.83. The Morgan fingerprint density at radius 1 is 1.29 bits per heavy atom. The maximum Gasteiger partial charge on any atom is 0.328 e. The van der Waals surface area contributed by atoms with Crippen LogP contribution in [0.3, 0.4) is 0 Å². The Balaban J connectivity index is 1.75. The summed E-state index contributed by atoms with van der Waals surface area (Å²) in [7, 11) is 0. The molecule has 110 valence electrons. The molecule has 0 spiro atoms. The van der Waals surface area contributed by atoms with E-state index in [0.717, 1.165) is 18.9 Å². The van der Waals surface area contributed by atoms with Gasteiger partial charge in [0.05, 0.1) is 17.8 Å². The Bertz CT molecular complexity index is 587. The number of nitrogens with zero attached hydrogens (tertiary/aromatic N) is 2. The number of aromatic nitrogens is 1. The number of carboxylic acid groups (broad SMARTS) is 1. The molecule has 1 N–H and O–H groups in total. The van der Waals surface area contributed by atoms with Crippen molar-refractivity contribution >= 4 is 18.0 Å². The molecule has 2 atom stereocenters. The average molecular weight is 288 g/mol. The fourth-order valence-electron chi connectivity index (χ4n) is 2.80. The number of pyridine rings is 1. The number of hydrogen-bond donors (Lipinski definition) is 1. The standard InChI is InChI=1S/C15H16N2O4/c18-14(19)4-1-10-5-11(7-16-6-10)15(20)17-8-12-2-3-13(9-17)21-12/h1,4-7,12-13H,2-3,8-9H2,(H,18,19). The lowest BCUT2D eigenvalue weighted by Crippen LogP contribution is -2.45. The largest absolute Gasteiger partial charge is 0.478 e. The second-order valence-corrected chi connectivity index (χ2v) is 5.35. The Hall–Kier alpha value is -2.21. The lowest BCUT2D eigenvalue weighted by molar-refractivity contribution is -0.131. The minimum absolute atomic E-state index is 0.0757. The number of ether oxygens (including phenoxy) is 1. The maximum absolute atomic E-state index is 12.5. The van der Waals surface area contributed by atoms with Crippen molar-refractivity contribution in [3.05, 3.63) is 35.7 Å². The van der Waals surface area contributed by atoms with Crippen LogP contribution in [-0.2, 0) is 9.53 Å². The van der Waals surface area contributed by atoms with Crippen molar-refractivity contribution in [3.8, 4) is 0 Å². The van der Waals surface area contributed by atoms with E-state index < -0.39 is 5.97 Å². The van der Waals surface area contributed by atoms with Crippen molar-refractivity contribution < 1.29 is 19.4 Å². The molecule has 2 aliphatic heterocycles. The first kappa shape index (κ1) is 13.8. The minimum atomic E-state index is -1.03. The summed E-state index contributed by atoms with van der Waals surface area (Å²) in [4.78, 5) is 28.8. The van der Waals surface area contributed by atoms with Crippen LogP contribution >= 0.6 is 0 Å². The molecule has 1 aromatic heterocycles. The van der Waals surface area contributed by atoms with Gasteiger partial charge in [0.2, 0.25) is 0 Å². The molecule has 0 radical (unpaired) electrons. The van der Waals surface area contributed by atoms with Gasteiger partial charge in [-0.2, -0.15) is 0 Å². The highest BCUT2D eigenvalue weighted by molar-refractivity contribution is 5.95. The SMILES string of the molecule is O=C(O)C=Cc1cncc(C(=O)N2CC3CCC(C2)O3)c1. The topological polar surface area (TPSA) is 79.7 Å². The molecule has 0 saturated carbocycles. The zero-order chi connectivity index (χ0) is 14.8. The zero-order valence-electron chi connectivity index (χ0n) is 11.4. The number of carboxylic acids is 1. The van der Waals surface area contributed by atoms with Gasteiger partial charge in [0.15, 0.2) is 0 Å². The number of aliphatic carboxylic acids is 1. The molecule has 0 aliphatic carbocycles. The number of likely N-dealkylation sites (tertiary alicyclic amines) is 1. The summed E-state index contributed by atoms with van der Waals surface area (Å²) < 4.78 is 5.72. The molecule has 3 rings (SSSR count). The van der Waals surface area contributed by atoms with Crippen LogP contribution in [0, 0.1) is 0 Å². The van der Waals surface area contributed by atoms with Crippen LogP contribution in [0.4, 0.5) is 0 Å². The Kier molecular flexibility index (Phi) is 3.70. The van der Waals surface area contributed by atoms with Gasteiger partial charge in [-0.3, -0.25) is 9.78 Å². The van der Waals surface area contributed by atoms with E-state index in [2.05, 4.69) is 4.98 Å². The van der Waals surface area contributed by atoms with Gasteiger partial charge in [0.25, 0.3) is 5.91 Å². The molecule has 3 heterocycles. The molecular formula is C15H16N2O4. The normalized spacial score (nSPS) is 24.5. The first-order chi connectivity index (χ1) is 10.1. The quantitative estimate of drug-likeness (QED) is 0.845. The van der Waals surface area contributed by atoms with Crippen molar-refractivity contribution in [1.82, 2.24) is 9.88 Å². The fourth-order valence-corrected chi connectivity index (χ4v) is 2.80. The van der Waals surface area contributed by atoms with E-state index in [4.69, 9.17) is 9.84 Å². The van der Waals surface area contributed by atoms with Crippen LogP contribution in [-0.4, -0.2) is 52.2 Å². The zero-order valence-corrected chi connectivity index (χ0v) is 11.4. The third kappa shape index (κ3) is 3.11. The molecule has 2 fully saturated rings. The van der Waals surface area contributed by atoms with Gasteiger partial charge < -0.3 is 14.7 Å². The van der Waals surface area contributed by atoms with Gasteiger partial charge in [0, 0.05) is 31.6 Å². The van der Waals surface area contributed by atoms with E-state index >= 15 is 0 Å². The van der Waals surface area contributed by atoms with Gasteiger partial charge in [-0.05, 0) is 30.5 Å². The highest BCUT2D eigenvalue weighted by Gasteiger charge is 2.35. The van der Waals surface area contributed by atoms with Crippen molar-refractivity contribution in [2.75, 3.05) is 13.1 Å². The summed E-state index contributed by atoms with van der Waals surface area (Å²) in [6.07, 6.45) is 7.81. The predicted molar refractivity (Wildman–Crippen MR) is 74.7 cm³/mol. The van der Waals surface area contributed by atoms with Crippen LogP contribution in [0.1, 0.15) is 28.8 Å². The molecular weight excluding hydrogens is 272 g/mol.